The van der Waals surface area contributed by atoms with Gasteiger partial charge in [-0.15, -0.1) is 0 Å². The van der Waals surface area contributed by atoms with Crippen LogP contribution in [0, 0.1) is 23.2 Å². The van der Waals surface area contributed by atoms with Crippen molar-refractivity contribution in [1.29, 1.82) is 0 Å². The highest BCUT2D eigenvalue weighted by molar-refractivity contribution is 5.75. The molecular weight excluding hydrogens is 360 g/mol. The Bertz CT molecular complexity index is 688. The monoisotopic (exact) mass is 400 g/mol. The third-order valence-corrected chi connectivity index (χ3v) is 8.18. The van der Waals surface area contributed by atoms with Crippen LogP contribution in [0.5, 0.6) is 0 Å². The van der Waals surface area contributed by atoms with Gasteiger partial charge in [-0.05, 0) is 86.2 Å². The van der Waals surface area contributed by atoms with Gasteiger partial charge in [0.05, 0.1) is 12.2 Å². The summed E-state index contributed by atoms with van der Waals surface area (Å²) in [4.78, 5) is 11.3. The second-order valence-electron chi connectivity index (χ2n) is 10.2. The normalized spacial score (nSPS) is 39.0. The maximum Gasteiger partial charge on any atom is 0.129 e. The summed E-state index contributed by atoms with van der Waals surface area (Å²) in [6.45, 7) is 10.6. The standard InChI is InChI=1S/C26H40O3/c1-17(7-5-8-18(2)27)23-12-13-24-20(9-6-14-26(23,24)4)10-11-21-15-22(28)16-25(29)19(21)3/h10-11,17,22-25,28-29H,3,5-9,12-16H2,1-2,4H3/b20-10+,21-11-/t17?,22-,23?,24?,25?,26?/m1/s1. The van der Waals surface area contributed by atoms with Crippen LogP contribution in [0.15, 0.2) is 35.5 Å². The lowest BCUT2D eigenvalue weighted by atomic mass is 9.60. The zero-order valence-corrected chi connectivity index (χ0v) is 18.6. The molecule has 0 aromatic heterocycles. The van der Waals surface area contributed by atoms with Crippen LogP contribution in [0.4, 0.5) is 0 Å². The summed E-state index contributed by atoms with van der Waals surface area (Å²) in [5.41, 5.74) is 3.69. The molecule has 0 spiro atoms. The summed E-state index contributed by atoms with van der Waals surface area (Å²) in [5, 5.41) is 20.1. The molecule has 3 fully saturated rings. The topological polar surface area (TPSA) is 57.5 Å². The Kier molecular flexibility index (Phi) is 7.22. The van der Waals surface area contributed by atoms with E-state index in [4.69, 9.17) is 0 Å². The molecule has 0 aromatic carbocycles. The molecule has 5 unspecified atom stereocenters. The van der Waals surface area contributed by atoms with Gasteiger partial charge in [-0.2, -0.15) is 0 Å². The van der Waals surface area contributed by atoms with E-state index in [1.165, 1.54) is 25.7 Å². The molecule has 6 atom stereocenters. The highest BCUT2D eigenvalue weighted by atomic mass is 16.3. The third kappa shape index (κ3) is 4.94. The van der Waals surface area contributed by atoms with Gasteiger partial charge in [-0.1, -0.05) is 44.6 Å². The van der Waals surface area contributed by atoms with Crippen molar-refractivity contribution in [1.82, 2.24) is 0 Å². The van der Waals surface area contributed by atoms with E-state index >= 15 is 0 Å². The van der Waals surface area contributed by atoms with Crippen LogP contribution in [0.1, 0.15) is 85.0 Å². The second-order valence-corrected chi connectivity index (χ2v) is 10.2. The van der Waals surface area contributed by atoms with Gasteiger partial charge < -0.3 is 15.0 Å². The van der Waals surface area contributed by atoms with Crippen molar-refractivity contribution < 1.29 is 15.0 Å². The van der Waals surface area contributed by atoms with Crippen molar-refractivity contribution in [2.24, 2.45) is 23.2 Å². The molecule has 0 heterocycles. The highest BCUT2D eigenvalue weighted by Gasteiger charge is 2.50. The van der Waals surface area contributed by atoms with Gasteiger partial charge in [-0.25, -0.2) is 0 Å². The smallest absolute Gasteiger partial charge is 0.129 e. The Hall–Kier alpha value is -1.19. The van der Waals surface area contributed by atoms with E-state index in [0.29, 0.717) is 35.9 Å². The van der Waals surface area contributed by atoms with E-state index in [-0.39, 0.29) is 0 Å². The van der Waals surface area contributed by atoms with E-state index in [1.54, 1.807) is 12.5 Å². The van der Waals surface area contributed by atoms with Crippen LogP contribution in [-0.2, 0) is 4.79 Å². The minimum absolute atomic E-state index is 0.308. The molecule has 0 amide bonds. The van der Waals surface area contributed by atoms with E-state index in [0.717, 1.165) is 42.7 Å². The van der Waals surface area contributed by atoms with Crippen LogP contribution >= 0.6 is 0 Å². The molecule has 3 aliphatic carbocycles. The van der Waals surface area contributed by atoms with Crippen LogP contribution in [-0.4, -0.2) is 28.2 Å². The maximum atomic E-state index is 11.3. The van der Waals surface area contributed by atoms with Crippen LogP contribution in [0.25, 0.3) is 0 Å². The molecule has 162 valence electrons. The zero-order valence-electron chi connectivity index (χ0n) is 18.6. The summed E-state index contributed by atoms with van der Waals surface area (Å²) >= 11 is 0. The minimum Gasteiger partial charge on any atom is -0.393 e. The minimum atomic E-state index is -0.619. The molecule has 0 saturated heterocycles. The number of allylic oxidation sites excluding steroid dienone is 3. The number of hydrogen-bond acceptors (Lipinski definition) is 3. The number of fused-ring (bicyclic) bond motifs is 1. The predicted octanol–water partition coefficient (Wildman–Crippen LogP) is 5.52. The van der Waals surface area contributed by atoms with Crippen LogP contribution < -0.4 is 0 Å². The van der Waals surface area contributed by atoms with E-state index in [2.05, 4.69) is 32.6 Å². The van der Waals surface area contributed by atoms with Crippen molar-refractivity contribution in [3.8, 4) is 0 Å². The lowest BCUT2D eigenvalue weighted by Crippen LogP contribution is -2.36. The number of Topliss-reactive ketones (excluding diaryl/α,β-unsaturated/α-hetero) is 1. The molecule has 3 saturated carbocycles. The number of ketones is 1. The molecule has 2 N–H and O–H groups in total. The van der Waals surface area contributed by atoms with Crippen LogP contribution in [0.3, 0.4) is 0 Å². The first-order valence-corrected chi connectivity index (χ1v) is 11.7. The molecule has 0 aliphatic heterocycles. The van der Waals surface area contributed by atoms with Crippen LogP contribution in [0.2, 0.25) is 0 Å². The summed E-state index contributed by atoms with van der Waals surface area (Å²) in [6, 6.07) is 0. The summed E-state index contributed by atoms with van der Waals surface area (Å²) in [7, 11) is 0. The fourth-order valence-corrected chi connectivity index (χ4v) is 6.55. The predicted molar refractivity (Wildman–Crippen MR) is 118 cm³/mol. The number of carbonyl (C=O) groups is 1. The van der Waals surface area contributed by atoms with Gasteiger partial charge in [0.1, 0.15) is 5.78 Å². The second kappa shape index (κ2) is 9.31. The van der Waals surface area contributed by atoms with E-state index in [1.807, 2.05) is 0 Å². The Morgan fingerprint density at radius 3 is 2.79 bits per heavy atom. The van der Waals surface area contributed by atoms with Gasteiger partial charge in [0, 0.05) is 12.8 Å². The first-order valence-electron chi connectivity index (χ1n) is 11.7. The van der Waals surface area contributed by atoms with Crippen molar-refractivity contribution in [3.05, 3.63) is 35.5 Å². The summed E-state index contributed by atoms with van der Waals surface area (Å²) in [6.07, 6.45) is 13.5. The molecule has 3 heteroatoms. The Balaban J connectivity index is 1.72. The lowest BCUT2D eigenvalue weighted by molar-refractivity contribution is -0.117. The molecule has 3 aliphatic rings. The lowest BCUT2D eigenvalue weighted by Gasteiger charge is -2.44. The number of rotatable bonds is 6. The van der Waals surface area contributed by atoms with Gasteiger partial charge in [0.25, 0.3) is 0 Å². The number of hydrogen-bond donors (Lipinski definition) is 2. The molecule has 3 rings (SSSR count). The quantitative estimate of drug-likeness (QED) is 0.617. The van der Waals surface area contributed by atoms with Crippen molar-refractivity contribution in [2.45, 2.75) is 97.2 Å². The Morgan fingerprint density at radius 2 is 2.07 bits per heavy atom. The Labute approximate surface area is 177 Å². The van der Waals surface area contributed by atoms with E-state index in [9.17, 15) is 15.0 Å². The third-order valence-electron chi connectivity index (χ3n) is 8.18. The number of carbonyl (C=O) groups excluding carboxylic acids is 1. The highest BCUT2D eigenvalue weighted by Crippen LogP contribution is 2.59. The maximum absolute atomic E-state index is 11.3. The van der Waals surface area contributed by atoms with Gasteiger partial charge in [0.15, 0.2) is 0 Å². The SMILES string of the molecule is C=C1/C(=C\C=C2/CCCC3(C)C2CCC3C(C)CCCC(C)=O)C[C@@H](O)CC1O. The summed E-state index contributed by atoms with van der Waals surface area (Å²) in [5.74, 6) is 2.36. The van der Waals surface area contributed by atoms with Gasteiger partial charge in [-0.3, -0.25) is 0 Å². The molecule has 3 nitrogen and oxygen atoms in total. The fourth-order valence-electron chi connectivity index (χ4n) is 6.55. The molecular formula is C26H40O3. The largest absolute Gasteiger partial charge is 0.393 e. The summed E-state index contributed by atoms with van der Waals surface area (Å²) < 4.78 is 0. The first kappa shape index (κ1) is 22.5. The number of aliphatic hydroxyl groups is 2. The van der Waals surface area contributed by atoms with Gasteiger partial charge >= 0.3 is 0 Å². The van der Waals surface area contributed by atoms with Gasteiger partial charge in [0.2, 0.25) is 0 Å². The average molecular weight is 401 g/mol. The van der Waals surface area contributed by atoms with Crippen molar-refractivity contribution in [3.63, 3.8) is 0 Å². The molecule has 0 radical (unpaired) electrons. The van der Waals surface area contributed by atoms with Crippen molar-refractivity contribution in [2.75, 3.05) is 0 Å². The van der Waals surface area contributed by atoms with Crippen molar-refractivity contribution >= 4 is 5.78 Å². The Morgan fingerprint density at radius 1 is 1.31 bits per heavy atom. The number of aliphatic hydroxyl groups excluding tert-OH is 2. The molecule has 0 bridgehead atoms. The zero-order chi connectivity index (χ0) is 21.2. The van der Waals surface area contributed by atoms with E-state index < -0.39 is 12.2 Å². The average Bonchev–Trinajstić information content (AvgIpc) is 3.00. The fraction of sp³-hybridized carbons (Fsp3) is 0.731. The first-order chi connectivity index (χ1) is 13.7. The molecule has 29 heavy (non-hydrogen) atoms. The molecule has 0 aromatic rings.